The molecule has 2 aromatic rings. The zero-order valence-electron chi connectivity index (χ0n) is 11.0. The monoisotopic (exact) mass is 295 g/mol. The van der Waals surface area contributed by atoms with Crippen molar-refractivity contribution in [3.8, 4) is 0 Å². The molecule has 6 nitrogen and oxygen atoms in total. The Kier molecular flexibility index (Phi) is 3.62. The molecule has 0 bridgehead atoms. The van der Waals surface area contributed by atoms with Crippen molar-refractivity contribution in [2.75, 3.05) is 0 Å². The van der Waals surface area contributed by atoms with Gasteiger partial charge in [0.05, 0.1) is 19.0 Å². The van der Waals surface area contributed by atoms with E-state index in [-0.39, 0.29) is 17.6 Å². The number of nitrogens with one attached hydrogen (secondary N) is 1. The van der Waals surface area contributed by atoms with E-state index in [1.165, 1.54) is 16.6 Å². The molecule has 0 aromatic carbocycles. The molecule has 2 heterocycles. The Labute approximate surface area is 117 Å². The van der Waals surface area contributed by atoms with Crippen LogP contribution in [-0.2, 0) is 16.6 Å². The minimum atomic E-state index is -3.56. The average molecular weight is 295 g/mol. The van der Waals surface area contributed by atoms with E-state index >= 15 is 0 Å². The number of rotatable bonds is 5. The van der Waals surface area contributed by atoms with Gasteiger partial charge in [0.2, 0.25) is 0 Å². The third kappa shape index (κ3) is 2.51. The molecule has 1 saturated carbocycles. The summed E-state index contributed by atoms with van der Waals surface area (Å²) in [5, 5.41) is 6.43. The molecule has 1 fully saturated rings. The van der Waals surface area contributed by atoms with E-state index in [4.69, 9.17) is 4.42 Å². The molecule has 0 spiro atoms. The maximum atomic E-state index is 12.7. The number of nitrogens with zero attached hydrogens (tertiary/aromatic N) is 2. The summed E-state index contributed by atoms with van der Waals surface area (Å²) in [4.78, 5) is 0. The third-order valence-corrected chi connectivity index (χ3v) is 5.51. The Morgan fingerprint density at radius 2 is 2.15 bits per heavy atom. The molecule has 20 heavy (non-hydrogen) atoms. The fourth-order valence-electron chi connectivity index (χ4n) is 2.67. The molecule has 0 amide bonds. The van der Waals surface area contributed by atoms with Crippen molar-refractivity contribution in [3.63, 3.8) is 0 Å². The first-order valence-corrected chi connectivity index (χ1v) is 8.15. The van der Waals surface area contributed by atoms with Gasteiger partial charge in [0.25, 0.3) is 10.0 Å². The van der Waals surface area contributed by atoms with Crippen molar-refractivity contribution in [1.82, 2.24) is 14.5 Å². The molecule has 1 aliphatic rings. The van der Waals surface area contributed by atoms with Crippen LogP contribution in [0.5, 0.6) is 0 Å². The number of furan rings is 1. The summed E-state index contributed by atoms with van der Waals surface area (Å²) < 4.78 is 32.3. The highest BCUT2D eigenvalue weighted by atomic mass is 32.2. The number of sulfonamides is 1. The maximum absolute atomic E-state index is 12.7. The van der Waals surface area contributed by atoms with Crippen molar-refractivity contribution in [2.45, 2.75) is 43.3 Å². The van der Waals surface area contributed by atoms with Gasteiger partial charge in [0.1, 0.15) is 5.76 Å². The van der Waals surface area contributed by atoms with Gasteiger partial charge in [-0.2, -0.15) is 9.40 Å². The van der Waals surface area contributed by atoms with Crippen LogP contribution in [-0.4, -0.2) is 29.0 Å². The molecule has 0 aliphatic heterocycles. The number of hydrogen-bond donors (Lipinski definition) is 1. The van der Waals surface area contributed by atoms with Crippen LogP contribution in [0.1, 0.15) is 31.4 Å². The average Bonchev–Trinajstić information content (AvgIpc) is 3.16. The Hall–Kier alpha value is -1.60. The van der Waals surface area contributed by atoms with E-state index in [0.717, 1.165) is 25.7 Å². The molecule has 2 aromatic heterocycles. The lowest BCUT2D eigenvalue weighted by molar-refractivity contribution is 0.291. The zero-order chi connectivity index (χ0) is 14.0. The van der Waals surface area contributed by atoms with E-state index in [1.807, 2.05) is 0 Å². The van der Waals surface area contributed by atoms with E-state index in [0.29, 0.717) is 5.76 Å². The number of aromatic nitrogens is 2. The second-order valence-electron chi connectivity index (χ2n) is 4.99. The summed E-state index contributed by atoms with van der Waals surface area (Å²) in [5.74, 6) is 0.653. The minimum Gasteiger partial charge on any atom is -0.468 e. The molecular weight excluding hydrogens is 278 g/mol. The van der Waals surface area contributed by atoms with Crippen molar-refractivity contribution in [3.05, 3.63) is 36.4 Å². The molecule has 108 valence electrons. The normalized spacial score (nSPS) is 17.1. The van der Waals surface area contributed by atoms with Gasteiger partial charge in [-0.15, -0.1) is 0 Å². The predicted molar refractivity (Wildman–Crippen MR) is 72.3 cm³/mol. The van der Waals surface area contributed by atoms with Crippen LogP contribution in [0.25, 0.3) is 0 Å². The van der Waals surface area contributed by atoms with Crippen LogP contribution in [0.2, 0.25) is 0 Å². The van der Waals surface area contributed by atoms with E-state index in [2.05, 4.69) is 10.2 Å². The van der Waals surface area contributed by atoms with Gasteiger partial charge >= 0.3 is 0 Å². The Morgan fingerprint density at radius 1 is 1.35 bits per heavy atom. The Bertz CT molecular complexity index is 628. The van der Waals surface area contributed by atoms with Crippen LogP contribution in [0.3, 0.4) is 0 Å². The van der Waals surface area contributed by atoms with Gasteiger partial charge in [-0.1, -0.05) is 12.8 Å². The van der Waals surface area contributed by atoms with Gasteiger partial charge in [0.15, 0.2) is 5.03 Å². The van der Waals surface area contributed by atoms with Crippen LogP contribution in [0, 0.1) is 0 Å². The number of H-pyrrole nitrogens is 1. The molecule has 7 heteroatoms. The number of aromatic amines is 1. The quantitative estimate of drug-likeness (QED) is 0.916. The minimum absolute atomic E-state index is 0.0356. The van der Waals surface area contributed by atoms with Gasteiger partial charge in [0, 0.05) is 6.04 Å². The summed E-state index contributed by atoms with van der Waals surface area (Å²) in [6.07, 6.45) is 6.94. The fraction of sp³-hybridized carbons (Fsp3) is 0.462. The summed E-state index contributed by atoms with van der Waals surface area (Å²) >= 11 is 0. The van der Waals surface area contributed by atoms with Crippen molar-refractivity contribution < 1.29 is 12.8 Å². The molecule has 0 saturated heterocycles. The van der Waals surface area contributed by atoms with Crippen LogP contribution in [0.15, 0.2) is 40.1 Å². The molecular formula is C13H17N3O3S. The van der Waals surface area contributed by atoms with Crippen molar-refractivity contribution in [1.29, 1.82) is 0 Å². The molecule has 1 aliphatic carbocycles. The van der Waals surface area contributed by atoms with Crippen LogP contribution < -0.4 is 0 Å². The fourth-order valence-corrected chi connectivity index (χ4v) is 4.23. The highest BCUT2D eigenvalue weighted by Crippen LogP contribution is 2.29. The first-order valence-electron chi connectivity index (χ1n) is 6.71. The first-order chi connectivity index (χ1) is 9.68. The van der Waals surface area contributed by atoms with E-state index in [1.54, 1.807) is 18.4 Å². The summed E-state index contributed by atoms with van der Waals surface area (Å²) in [6, 6.07) is 5.09. The second kappa shape index (κ2) is 5.41. The largest absolute Gasteiger partial charge is 0.468 e. The van der Waals surface area contributed by atoms with Crippen LogP contribution >= 0.6 is 0 Å². The summed E-state index contributed by atoms with van der Waals surface area (Å²) in [6.45, 7) is 0.263. The molecule has 0 radical (unpaired) electrons. The number of hydrogen-bond acceptors (Lipinski definition) is 4. The van der Waals surface area contributed by atoms with Crippen molar-refractivity contribution in [2.24, 2.45) is 0 Å². The summed E-state index contributed by atoms with van der Waals surface area (Å²) in [5.41, 5.74) is 0. The highest BCUT2D eigenvalue weighted by Gasteiger charge is 2.34. The lowest BCUT2D eigenvalue weighted by atomic mass is 10.2. The molecule has 0 atom stereocenters. The first kappa shape index (κ1) is 13.4. The predicted octanol–water partition coefficient (Wildman–Crippen LogP) is 2.14. The Balaban J connectivity index is 1.92. The summed E-state index contributed by atoms with van der Waals surface area (Å²) in [7, 11) is -3.56. The zero-order valence-corrected chi connectivity index (χ0v) is 11.8. The standard InChI is InChI=1S/C13H17N3O3S/c17-20(18,13-7-8-14-15-13)16(11-4-1-2-5-11)10-12-6-3-9-19-12/h3,6-9,11H,1-2,4-5,10H2,(H,14,15). The molecule has 1 N–H and O–H groups in total. The third-order valence-electron chi connectivity index (χ3n) is 3.69. The Morgan fingerprint density at radius 3 is 2.75 bits per heavy atom. The smallest absolute Gasteiger partial charge is 0.260 e. The topological polar surface area (TPSA) is 79.2 Å². The lowest BCUT2D eigenvalue weighted by Crippen LogP contribution is -2.38. The molecule has 0 unspecified atom stereocenters. The SMILES string of the molecule is O=S(=O)(c1ccn[nH]1)N(Cc1ccco1)C1CCCC1. The molecule has 3 rings (SSSR count). The van der Waals surface area contributed by atoms with Crippen LogP contribution in [0.4, 0.5) is 0 Å². The second-order valence-corrected chi connectivity index (χ2v) is 6.85. The lowest BCUT2D eigenvalue weighted by Gasteiger charge is -2.26. The van der Waals surface area contributed by atoms with Gasteiger partial charge in [-0.25, -0.2) is 8.42 Å². The van der Waals surface area contributed by atoms with Crippen molar-refractivity contribution >= 4 is 10.0 Å². The van der Waals surface area contributed by atoms with Gasteiger partial charge < -0.3 is 4.42 Å². The van der Waals surface area contributed by atoms with E-state index < -0.39 is 10.0 Å². The van der Waals surface area contributed by atoms with Gasteiger partial charge in [-0.3, -0.25) is 5.10 Å². The van der Waals surface area contributed by atoms with Gasteiger partial charge in [-0.05, 0) is 31.0 Å². The highest BCUT2D eigenvalue weighted by molar-refractivity contribution is 7.89. The van der Waals surface area contributed by atoms with E-state index in [9.17, 15) is 8.42 Å². The maximum Gasteiger partial charge on any atom is 0.260 e.